The van der Waals surface area contributed by atoms with Crippen LogP contribution in [0.5, 0.6) is 0 Å². The zero-order valence-electron chi connectivity index (χ0n) is 6.73. The van der Waals surface area contributed by atoms with Crippen LogP contribution in [-0.4, -0.2) is 21.8 Å². The Morgan fingerprint density at radius 2 is 2.00 bits per heavy atom. The third-order valence-electron chi connectivity index (χ3n) is 1.25. The van der Waals surface area contributed by atoms with E-state index >= 15 is 0 Å². The van der Waals surface area contributed by atoms with E-state index in [-0.39, 0.29) is 6.54 Å². The van der Waals surface area contributed by atoms with Crippen LogP contribution in [0.25, 0.3) is 0 Å². The maximum Gasteiger partial charge on any atom is 0.309 e. The minimum absolute atomic E-state index is 0.0998. The van der Waals surface area contributed by atoms with E-state index in [0.717, 1.165) is 0 Å². The topological polar surface area (TPSA) is 98.0 Å². The standard InChI is InChI=1S/C7H8N4O2/c8-6(12)7(13)11-4-5-9-2-1-3-10-5/h1-3H,4H2,(H2,8,12)(H,11,13). The molecule has 0 saturated heterocycles. The molecule has 0 radical (unpaired) electrons. The molecule has 1 rings (SSSR count). The summed E-state index contributed by atoms with van der Waals surface area (Å²) in [5.41, 5.74) is 4.71. The van der Waals surface area contributed by atoms with Crippen molar-refractivity contribution < 1.29 is 9.59 Å². The molecule has 0 fully saturated rings. The lowest BCUT2D eigenvalue weighted by Crippen LogP contribution is -2.35. The molecule has 0 bridgehead atoms. The molecule has 3 N–H and O–H groups in total. The first-order valence-corrected chi connectivity index (χ1v) is 3.53. The Hall–Kier alpha value is -1.98. The van der Waals surface area contributed by atoms with E-state index in [9.17, 15) is 9.59 Å². The maximum atomic E-state index is 10.7. The van der Waals surface area contributed by atoms with E-state index in [1.54, 1.807) is 18.5 Å². The molecule has 0 spiro atoms. The summed E-state index contributed by atoms with van der Waals surface area (Å²) in [5, 5.41) is 2.26. The minimum Gasteiger partial charge on any atom is -0.361 e. The van der Waals surface area contributed by atoms with E-state index in [1.807, 2.05) is 0 Å². The molecule has 0 aliphatic rings. The predicted octanol–water partition coefficient (Wildman–Crippen LogP) is -1.42. The molecule has 13 heavy (non-hydrogen) atoms. The average molecular weight is 180 g/mol. The second-order valence-electron chi connectivity index (χ2n) is 2.21. The molecule has 0 aliphatic heterocycles. The number of hydrogen-bond acceptors (Lipinski definition) is 4. The van der Waals surface area contributed by atoms with Crippen LogP contribution in [0.2, 0.25) is 0 Å². The molecule has 0 saturated carbocycles. The highest BCUT2D eigenvalue weighted by Gasteiger charge is 2.07. The SMILES string of the molecule is NC(=O)C(=O)NCc1ncccn1. The molecule has 6 nitrogen and oxygen atoms in total. The summed E-state index contributed by atoms with van der Waals surface area (Å²) in [6.45, 7) is 0.0998. The maximum absolute atomic E-state index is 10.7. The molecule has 1 aromatic rings. The van der Waals surface area contributed by atoms with E-state index in [0.29, 0.717) is 5.82 Å². The van der Waals surface area contributed by atoms with Gasteiger partial charge in [-0.25, -0.2) is 9.97 Å². The van der Waals surface area contributed by atoms with Crippen molar-refractivity contribution in [3.63, 3.8) is 0 Å². The lowest BCUT2D eigenvalue weighted by molar-refractivity contribution is -0.137. The molecule has 68 valence electrons. The first-order valence-electron chi connectivity index (χ1n) is 3.53. The third kappa shape index (κ3) is 2.86. The van der Waals surface area contributed by atoms with Crippen LogP contribution < -0.4 is 11.1 Å². The van der Waals surface area contributed by atoms with Crippen molar-refractivity contribution in [2.24, 2.45) is 5.73 Å². The predicted molar refractivity (Wildman–Crippen MR) is 43.1 cm³/mol. The number of nitrogens with one attached hydrogen (secondary N) is 1. The molecule has 2 amide bonds. The molecule has 0 unspecified atom stereocenters. The number of carbonyl (C=O) groups is 2. The Labute approximate surface area is 74.2 Å². The van der Waals surface area contributed by atoms with Gasteiger partial charge in [0, 0.05) is 12.4 Å². The highest BCUT2D eigenvalue weighted by molar-refractivity contribution is 6.34. The van der Waals surface area contributed by atoms with Gasteiger partial charge in [-0.05, 0) is 6.07 Å². The van der Waals surface area contributed by atoms with Crippen molar-refractivity contribution in [2.45, 2.75) is 6.54 Å². The summed E-state index contributed by atoms with van der Waals surface area (Å²) in [6.07, 6.45) is 3.08. The fourth-order valence-electron chi connectivity index (χ4n) is 0.668. The van der Waals surface area contributed by atoms with Gasteiger partial charge >= 0.3 is 11.8 Å². The molecule has 0 aliphatic carbocycles. The molecule has 0 atom stereocenters. The Kier molecular flexibility index (Phi) is 2.91. The number of carbonyl (C=O) groups excluding carboxylic acids is 2. The number of nitrogens with zero attached hydrogens (tertiary/aromatic N) is 2. The zero-order chi connectivity index (χ0) is 9.68. The van der Waals surface area contributed by atoms with Crippen LogP contribution in [0.1, 0.15) is 5.82 Å². The molecule has 0 aromatic carbocycles. The van der Waals surface area contributed by atoms with Crippen LogP contribution in [0.15, 0.2) is 18.5 Å². The molecular weight excluding hydrogens is 172 g/mol. The molecular formula is C7H8N4O2. The number of primary amides is 1. The summed E-state index contributed by atoms with van der Waals surface area (Å²) in [7, 11) is 0. The van der Waals surface area contributed by atoms with Crippen LogP contribution >= 0.6 is 0 Å². The molecule has 6 heteroatoms. The Balaban J connectivity index is 2.44. The highest BCUT2D eigenvalue weighted by Crippen LogP contribution is 1.85. The zero-order valence-corrected chi connectivity index (χ0v) is 6.73. The van der Waals surface area contributed by atoms with Gasteiger partial charge in [-0.3, -0.25) is 9.59 Å². The normalized spacial score (nSPS) is 9.23. The van der Waals surface area contributed by atoms with Gasteiger partial charge in [-0.1, -0.05) is 0 Å². The van der Waals surface area contributed by atoms with Gasteiger partial charge in [0.15, 0.2) is 0 Å². The van der Waals surface area contributed by atoms with Gasteiger partial charge in [0.2, 0.25) is 0 Å². The van der Waals surface area contributed by atoms with Crippen molar-refractivity contribution in [1.82, 2.24) is 15.3 Å². The Bertz CT molecular complexity index is 312. The Morgan fingerprint density at radius 1 is 1.38 bits per heavy atom. The van der Waals surface area contributed by atoms with Gasteiger partial charge < -0.3 is 11.1 Å². The fraction of sp³-hybridized carbons (Fsp3) is 0.143. The summed E-state index contributed by atoms with van der Waals surface area (Å²) >= 11 is 0. The van der Waals surface area contributed by atoms with Crippen LogP contribution in [0.4, 0.5) is 0 Å². The number of aromatic nitrogens is 2. The average Bonchev–Trinajstić information content (AvgIpc) is 2.15. The van der Waals surface area contributed by atoms with Gasteiger partial charge in [-0.2, -0.15) is 0 Å². The largest absolute Gasteiger partial charge is 0.361 e. The Morgan fingerprint density at radius 3 is 2.54 bits per heavy atom. The van der Waals surface area contributed by atoms with Crippen LogP contribution in [0, 0.1) is 0 Å². The van der Waals surface area contributed by atoms with Crippen molar-refractivity contribution in [3.05, 3.63) is 24.3 Å². The minimum atomic E-state index is -1.02. The van der Waals surface area contributed by atoms with Crippen LogP contribution in [0.3, 0.4) is 0 Å². The third-order valence-corrected chi connectivity index (χ3v) is 1.25. The highest BCUT2D eigenvalue weighted by atomic mass is 16.2. The van der Waals surface area contributed by atoms with Gasteiger partial charge in [-0.15, -0.1) is 0 Å². The number of nitrogens with two attached hydrogens (primary N) is 1. The van der Waals surface area contributed by atoms with Gasteiger partial charge in [0.25, 0.3) is 0 Å². The number of rotatable bonds is 2. The van der Waals surface area contributed by atoms with E-state index in [2.05, 4.69) is 15.3 Å². The van der Waals surface area contributed by atoms with Gasteiger partial charge in [0.05, 0.1) is 6.54 Å². The first-order chi connectivity index (χ1) is 6.20. The summed E-state index contributed by atoms with van der Waals surface area (Å²) in [6, 6.07) is 1.65. The van der Waals surface area contributed by atoms with Crippen molar-refractivity contribution >= 4 is 11.8 Å². The van der Waals surface area contributed by atoms with Crippen molar-refractivity contribution in [1.29, 1.82) is 0 Å². The quantitative estimate of drug-likeness (QED) is 0.545. The summed E-state index contributed by atoms with van der Waals surface area (Å²) < 4.78 is 0. The molecule has 1 heterocycles. The van der Waals surface area contributed by atoms with Crippen molar-refractivity contribution in [3.8, 4) is 0 Å². The monoisotopic (exact) mass is 180 g/mol. The molecule has 1 aromatic heterocycles. The van der Waals surface area contributed by atoms with Crippen molar-refractivity contribution in [2.75, 3.05) is 0 Å². The number of hydrogen-bond donors (Lipinski definition) is 2. The van der Waals surface area contributed by atoms with E-state index in [1.165, 1.54) is 0 Å². The van der Waals surface area contributed by atoms with Gasteiger partial charge in [0.1, 0.15) is 5.82 Å². The smallest absolute Gasteiger partial charge is 0.309 e. The summed E-state index contributed by atoms with van der Waals surface area (Å²) in [4.78, 5) is 28.6. The second kappa shape index (κ2) is 4.15. The lowest BCUT2D eigenvalue weighted by atomic mass is 10.5. The summed E-state index contributed by atoms with van der Waals surface area (Å²) in [5.74, 6) is -1.43. The van der Waals surface area contributed by atoms with E-state index < -0.39 is 11.8 Å². The fourth-order valence-corrected chi connectivity index (χ4v) is 0.668. The number of amides is 2. The first kappa shape index (κ1) is 9.11. The lowest BCUT2D eigenvalue weighted by Gasteiger charge is -1.99. The second-order valence-corrected chi connectivity index (χ2v) is 2.21. The van der Waals surface area contributed by atoms with Crippen LogP contribution in [-0.2, 0) is 16.1 Å². The van der Waals surface area contributed by atoms with E-state index in [4.69, 9.17) is 5.73 Å².